The molecule has 0 atom stereocenters. The molecule has 1 aliphatic carbocycles. The SMILES string of the molecule is COCC1(COC)Cc2c(c(C)n(-c3ccccc3OC)c(=O)c2C)C1. The summed E-state index contributed by atoms with van der Waals surface area (Å²) in [6.07, 6.45) is 1.64. The summed E-state index contributed by atoms with van der Waals surface area (Å²) in [4.78, 5) is 13.2. The van der Waals surface area contributed by atoms with Gasteiger partial charge in [-0.2, -0.15) is 0 Å². The van der Waals surface area contributed by atoms with Crippen LogP contribution in [0.1, 0.15) is 22.4 Å². The molecule has 0 aliphatic heterocycles. The number of aromatic nitrogens is 1. The van der Waals surface area contributed by atoms with Gasteiger partial charge >= 0.3 is 0 Å². The summed E-state index contributed by atoms with van der Waals surface area (Å²) in [5.74, 6) is 0.690. The standard InChI is InChI=1S/C21H27NO4/c1-14-16-10-21(12-24-3,13-25-4)11-17(16)15(2)22(20(14)23)18-8-6-7-9-19(18)26-5/h6-9H,10-13H2,1-5H3. The van der Waals surface area contributed by atoms with E-state index >= 15 is 0 Å². The fourth-order valence-electron chi connectivity index (χ4n) is 4.28. The molecule has 5 heteroatoms. The van der Waals surface area contributed by atoms with Crippen LogP contribution in [0.2, 0.25) is 0 Å². The van der Waals surface area contributed by atoms with Crippen LogP contribution in [-0.2, 0) is 22.3 Å². The van der Waals surface area contributed by atoms with E-state index in [1.165, 1.54) is 5.56 Å². The van der Waals surface area contributed by atoms with Crippen molar-refractivity contribution in [2.24, 2.45) is 5.41 Å². The van der Waals surface area contributed by atoms with Crippen molar-refractivity contribution in [3.8, 4) is 11.4 Å². The number of hydrogen-bond acceptors (Lipinski definition) is 4. The van der Waals surface area contributed by atoms with E-state index in [4.69, 9.17) is 14.2 Å². The summed E-state index contributed by atoms with van der Waals surface area (Å²) in [7, 11) is 5.06. The lowest BCUT2D eigenvalue weighted by Gasteiger charge is -2.27. The first-order chi connectivity index (χ1) is 12.5. The minimum absolute atomic E-state index is 0.0105. The largest absolute Gasteiger partial charge is 0.495 e. The molecule has 3 rings (SSSR count). The maximum atomic E-state index is 13.2. The van der Waals surface area contributed by atoms with Crippen LogP contribution < -0.4 is 10.3 Å². The smallest absolute Gasteiger partial charge is 0.258 e. The third kappa shape index (κ3) is 2.95. The van der Waals surface area contributed by atoms with Crippen molar-refractivity contribution in [1.29, 1.82) is 0 Å². The Labute approximate surface area is 154 Å². The summed E-state index contributed by atoms with van der Waals surface area (Å²) in [5, 5.41) is 0. The van der Waals surface area contributed by atoms with E-state index in [1.807, 2.05) is 38.1 Å². The van der Waals surface area contributed by atoms with Gasteiger partial charge in [-0.25, -0.2) is 0 Å². The molecule has 0 saturated carbocycles. The Hall–Kier alpha value is -2.11. The number of fused-ring (bicyclic) bond motifs is 1. The van der Waals surface area contributed by atoms with Crippen molar-refractivity contribution < 1.29 is 14.2 Å². The number of nitrogens with zero attached hydrogens (tertiary/aromatic N) is 1. The molecule has 1 heterocycles. The molecule has 0 unspecified atom stereocenters. The molecular formula is C21H27NO4. The van der Waals surface area contributed by atoms with E-state index < -0.39 is 0 Å². The van der Waals surface area contributed by atoms with Gasteiger partial charge in [-0.15, -0.1) is 0 Å². The lowest BCUT2D eigenvalue weighted by atomic mass is 9.86. The number of ether oxygens (including phenoxy) is 3. The zero-order chi connectivity index (χ0) is 18.9. The van der Waals surface area contributed by atoms with Crippen LogP contribution in [0.3, 0.4) is 0 Å². The summed E-state index contributed by atoms with van der Waals surface area (Å²) in [6.45, 7) is 5.15. The van der Waals surface area contributed by atoms with Gasteiger partial charge in [0.25, 0.3) is 5.56 Å². The van der Waals surface area contributed by atoms with Gasteiger partial charge in [0.1, 0.15) is 5.75 Å². The zero-order valence-corrected chi connectivity index (χ0v) is 16.2. The predicted octanol–water partition coefficient (Wildman–Crippen LogP) is 2.84. The van der Waals surface area contributed by atoms with Crippen LogP contribution in [0.5, 0.6) is 5.75 Å². The molecule has 0 bridgehead atoms. The van der Waals surface area contributed by atoms with Crippen molar-refractivity contribution in [2.45, 2.75) is 26.7 Å². The van der Waals surface area contributed by atoms with E-state index in [0.717, 1.165) is 35.3 Å². The number of pyridine rings is 1. The summed E-state index contributed by atoms with van der Waals surface area (Å²) < 4.78 is 18.2. The molecule has 1 aromatic carbocycles. The Morgan fingerprint density at radius 3 is 2.23 bits per heavy atom. The molecular weight excluding hydrogens is 330 g/mol. The fraction of sp³-hybridized carbons (Fsp3) is 0.476. The third-order valence-electron chi connectivity index (χ3n) is 5.44. The van der Waals surface area contributed by atoms with Crippen molar-refractivity contribution in [2.75, 3.05) is 34.5 Å². The van der Waals surface area contributed by atoms with Crippen LogP contribution in [-0.4, -0.2) is 39.1 Å². The highest BCUT2D eigenvalue weighted by Gasteiger charge is 2.40. The monoisotopic (exact) mass is 357 g/mol. The van der Waals surface area contributed by atoms with Crippen molar-refractivity contribution >= 4 is 0 Å². The Balaban J connectivity index is 2.20. The van der Waals surface area contributed by atoms with Crippen LogP contribution in [0.4, 0.5) is 0 Å². The average molecular weight is 357 g/mol. The van der Waals surface area contributed by atoms with Gasteiger partial charge in [0.2, 0.25) is 0 Å². The zero-order valence-electron chi connectivity index (χ0n) is 16.2. The maximum Gasteiger partial charge on any atom is 0.258 e. The van der Waals surface area contributed by atoms with Gasteiger partial charge < -0.3 is 14.2 Å². The Morgan fingerprint density at radius 1 is 1.00 bits per heavy atom. The average Bonchev–Trinajstić information content (AvgIpc) is 3.01. The van der Waals surface area contributed by atoms with Gasteiger partial charge in [0.15, 0.2) is 0 Å². The van der Waals surface area contributed by atoms with Gasteiger partial charge in [-0.3, -0.25) is 9.36 Å². The number of benzene rings is 1. The second-order valence-electron chi connectivity index (χ2n) is 7.20. The molecule has 2 aromatic rings. The van der Waals surface area contributed by atoms with Crippen LogP contribution in [0, 0.1) is 19.3 Å². The third-order valence-corrected chi connectivity index (χ3v) is 5.44. The van der Waals surface area contributed by atoms with Crippen LogP contribution >= 0.6 is 0 Å². The predicted molar refractivity (Wildman–Crippen MR) is 102 cm³/mol. The molecule has 0 radical (unpaired) electrons. The van der Waals surface area contributed by atoms with Gasteiger partial charge in [0, 0.05) is 30.9 Å². The molecule has 0 fully saturated rings. The van der Waals surface area contributed by atoms with Crippen LogP contribution in [0.25, 0.3) is 5.69 Å². The molecule has 5 nitrogen and oxygen atoms in total. The van der Waals surface area contributed by atoms with E-state index in [0.29, 0.717) is 19.0 Å². The van der Waals surface area contributed by atoms with Gasteiger partial charge in [-0.05, 0) is 49.9 Å². The molecule has 26 heavy (non-hydrogen) atoms. The molecule has 0 amide bonds. The van der Waals surface area contributed by atoms with Crippen molar-refractivity contribution in [1.82, 2.24) is 4.57 Å². The molecule has 1 aromatic heterocycles. The van der Waals surface area contributed by atoms with Crippen LogP contribution in [0.15, 0.2) is 29.1 Å². The highest BCUT2D eigenvalue weighted by molar-refractivity contribution is 5.52. The Kier molecular flexibility index (Phi) is 5.21. The molecule has 0 spiro atoms. The van der Waals surface area contributed by atoms with Gasteiger partial charge in [-0.1, -0.05) is 12.1 Å². The number of hydrogen-bond donors (Lipinski definition) is 0. The molecule has 140 valence electrons. The summed E-state index contributed by atoms with van der Waals surface area (Å²) in [5.41, 5.74) is 4.80. The highest BCUT2D eigenvalue weighted by atomic mass is 16.5. The van der Waals surface area contributed by atoms with Gasteiger partial charge in [0.05, 0.1) is 26.0 Å². The molecule has 0 saturated heterocycles. The normalized spacial score (nSPS) is 15.1. The Morgan fingerprint density at radius 2 is 1.62 bits per heavy atom. The Bertz CT molecular complexity index is 863. The lowest BCUT2D eigenvalue weighted by molar-refractivity contribution is 0.0167. The van der Waals surface area contributed by atoms with E-state index in [1.54, 1.807) is 25.9 Å². The maximum absolute atomic E-state index is 13.2. The fourth-order valence-corrected chi connectivity index (χ4v) is 4.28. The molecule has 0 N–H and O–H groups in total. The van der Waals surface area contributed by atoms with E-state index in [2.05, 4.69) is 0 Å². The number of methoxy groups -OCH3 is 3. The topological polar surface area (TPSA) is 49.7 Å². The number of para-hydroxylation sites is 2. The second kappa shape index (κ2) is 7.25. The highest BCUT2D eigenvalue weighted by Crippen LogP contribution is 2.40. The summed E-state index contributed by atoms with van der Waals surface area (Å²) >= 11 is 0. The first-order valence-corrected chi connectivity index (χ1v) is 8.83. The quantitative estimate of drug-likeness (QED) is 0.798. The van der Waals surface area contributed by atoms with Crippen molar-refractivity contribution in [3.63, 3.8) is 0 Å². The van der Waals surface area contributed by atoms with Crippen molar-refractivity contribution in [3.05, 3.63) is 57.0 Å². The number of rotatable bonds is 6. The van der Waals surface area contributed by atoms with E-state index in [-0.39, 0.29) is 11.0 Å². The lowest BCUT2D eigenvalue weighted by Crippen LogP contribution is -2.32. The first kappa shape index (κ1) is 18.7. The molecule has 1 aliphatic rings. The first-order valence-electron chi connectivity index (χ1n) is 8.83. The summed E-state index contributed by atoms with van der Waals surface area (Å²) in [6, 6.07) is 7.63. The minimum Gasteiger partial charge on any atom is -0.495 e. The minimum atomic E-state index is -0.117. The van der Waals surface area contributed by atoms with E-state index in [9.17, 15) is 4.79 Å². The second-order valence-corrected chi connectivity index (χ2v) is 7.20.